The largest absolute Gasteiger partial charge is 0.508 e. The molecule has 6 heteroatoms. The molecule has 0 atom stereocenters. The Labute approximate surface area is 183 Å². The van der Waals surface area contributed by atoms with Crippen molar-refractivity contribution in [3.63, 3.8) is 0 Å². The van der Waals surface area contributed by atoms with Crippen LogP contribution in [0.2, 0.25) is 0 Å². The van der Waals surface area contributed by atoms with Crippen molar-refractivity contribution in [2.24, 2.45) is 5.92 Å². The number of likely N-dealkylation sites (tertiary alicyclic amines) is 1. The molecular weight excluding hydrogens is 395 g/mol. The van der Waals surface area contributed by atoms with E-state index in [0.717, 1.165) is 5.56 Å². The topological polar surface area (TPSA) is 60.9 Å². The zero-order valence-corrected chi connectivity index (χ0v) is 18.5. The predicted molar refractivity (Wildman–Crippen MR) is 118 cm³/mol. The number of rotatable bonds is 6. The Morgan fingerprint density at radius 3 is 2.32 bits per heavy atom. The third kappa shape index (κ3) is 6.14. The van der Waals surface area contributed by atoms with Gasteiger partial charge in [-0.3, -0.25) is 14.5 Å². The number of aromatic hydroxyl groups is 1. The minimum absolute atomic E-state index is 0.0000670. The van der Waals surface area contributed by atoms with Crippen molar-refractivity contribution in [3.05, 3.63) is 65.5 Å². The second kappa shape index (κ2) is 9.60. The lowest BCUT2D eigenvalue weighted by atomic mass is 9.89. The van der Waals surface area contributed by atoms with Gasteiger partial charge in [0.2, 0.25) is 5.91 Å². The van der Waals surface area contributed by atoms with Crippen LogP contribution in [-0.4, -0.2) is 51.8 Å². The lowest BCUT2D eigenvalue weighted by Gasteiger charge is -2.38. The number of hydrogen-bond acceptors (Lipinski definition) is 4. The number of Topliss-reactive ketones (excluding diaryl/α,β-unsaturated/α-hetero) is 1. The SMILES string of the molecule is CC(C)(C)N(Cc1cccc(F)c1)C(=O)CN1CCC(C(=O)c2ccc(O)cc2)CC1. The molecule has 166 valence electrons. The molecule has 31 heavy (non-hydrogen) atoms. The third-order valence-electron chi connectivity index (χ3n) is 5.81. The first-order valence-corrected chi connectivity index (χ1v) is 10.7. The van der Waals surface area contributed by atoms with Crippen LogP contribution in [0.5, 0.6) is 5.75 Å². The zero-order chi connectivity index (χ0) is 22.6. The molecule has 2 aromatic rings. The normalized spacial score (nSPS) is 15.6. The van der Waals surface area contributed by atoms with Crippen LogP contribution in [0.25, 0.3) is 0 Å². The van der Waals surface area contributed by atoms with E-state index in [-0.39, 0.29) is 35.7 Å². The number of hydrogen-bond donors (Lipinski definition) is 1. The molecule has 5 nitrogen and oxygen atoms in total. The van der Waals surface area contributed by atoms with Gasteiger partial charge in [0.25, 0.3) is 0 Å². The zero-order valence-electron chi connectivity index (χ0n) is 18.5. The van der Waals surface area contributed by atoms with Crippen LogP contribution in [-0.2, 0) is 11.3 Å². The van der Waals surface area contributed by atoms with Crippen LogP contribution < -0.4 is 0 Å². The van der Waals surface area contributed by atoms with Gasteiger partial charge < -0.3 is 10.0 Å². The summed E-state index contributed by atoms with van der Waals surface area (Å²) in [5.74, 6) is -0.138. The maximum absolute atomic E-state index is 13.6. The lowest BCUT2D eigenvalue weighted by Crippen LogP contribution is -2.50. The molecule has 0 radical (unpaired) electrons. The van der Waals surface area contributed by atoms with Crippen molar-refractivity contribution >= 4 is 11.7 Å². The second-order valence-electron chi connectivity index (χ2n) is 9.24. The number of carbonyl (C=O) groups is 2. The molecule has 1 amide bonds. The number of phenols is 1. The van der Waals surface area contributed by atoms with Crippen molar-refractivity contribution < 1.29 is 19.1 Å². The Balaban J connectivity index is 1.58. The van der Waals surface area contributed by atoms with Crippen molar-refractivity contribution in [3.8, 4) is 5.75 Å². The quantitative estimate of drug-likeness (QED) is 0.702. The van der Waals surface area contributed by atoms with Gasteiger partial charge in [0, 0.05) is 23.6 Å². The minimum Gasteiger partial charge on any atom is -0.508 e. The number of amides is 1. The van der Waals surface area contributed by atoms with Crippen molar-refractivity contribution in [2.75, 3.05) is 19.6 Å². The van der Waals surface area contributed by atoms with Gasteiger partial charge in [0.05, 0.1) is 6.54 Å². The van der Waals surface area contributed by atoms with E-state index in [1.54, 1.807) is 23.1 Å². The summed E-state index contributed by atoms with van der Waals surface area (Å²) >= 11 is 0. The standard InChI is InChI=1S/C25H31FN2O3/c1-25(2,3)28(16-18-5-4-6-21(26)15-18)23(30)17-27-13-11-20(12-14-27)24(31)19-7-9-22(29)10-8-19/h4-10,15,20,29H,11-14,16-17H2,1-3H3. The fourth-order valence-corrected chi connectivity index (χ4v) is 4.01. The van der Waals surface area contributed by atoms with E-state index in [1.165, 1.54) is 24.3 Å². The first-order valence-electron chi connectivity index (χ1n) is 10.7. The van der Waals surface area contributed by atoms with Crippen molar-refractivity contribution in [1.82, 2.24) is 9.80 Å². The summed E-state index contributed by atoms with van der Waals surface area (Å²) in [6, 6.07) is 12.7. The summed E-state index contributed by atoms with van der Waals surface area (Å²) in [5, 5.41) is 9.40. The van der Waals surface area contributed by atoms with Crippen LogP contribution >= 0.6 is 0 Å². The van der Waals surface area contributed by atoms with E-state index < -0.39 is 5.54 Å². The Kier molecular flexibility index (Phi) is 7.11. The maximum atomic E-state index is 13.6. The highest BCUT2D eigenvalue weighted by Crippen LogP contribution is 2.24. The van der Waals surface area contributed by atoms with E-state index in [0.29, 0.717) is 38.0 Å². The molecule has 0 spiro atoms. The summed E-state index contributed by atoms with van der Waals surface area (Å²) in [6.45, 7) is 7.94. The van der Waals surface area contributed by atoms with Gasteiger partial charge in [-0.25, -0.2) is 4.39 Å². The average molecular weight is 427 g/mol. The Hall–Kier alpha value is -2.73. The highest BCUT2D eigenvalue weighted by atomic mass is 19.1. The number of ketones is 1. The monoisotopic (exact) mass is 426 g/mol. The van der Waals surface area contributed by atoms with Crippen LogP contribution in [0.1, 0.15) is 49.5 Å². The van der Waals surface area contributed by atoms with Crippen LogP contribution in [0.4, 0.5) is 4.39 Å². The number of carbonyl (C=O) groups excluding carboxylic acids is 2. The first kappa shape index (κ1) is 22.9. The summed E-state index contributed by atoms with van der Waals surface area (Å²) in [4.78, 5) is 29.7. The van der Waals surface area contributed by atoms with E-state index in [2.05, 4.69) is 4.90 Å². The molecule has 0 unspecified atom stereocenters. The van der Waals surface area contributed by atoms with Crippen LogP contribution in [0.15, 0.2) is 48.5 Å². The predicted octanol–water partition coefficient (Wildman–Crippen LogP) is 4.25. The summed E-state index contributed by atoms with van der Waals surface area (Å²) in [6.07, 6.45) is 1.40. The van der Waals surface area contributed by atoms with Crippen LogP contribution in [0, 0.1) is 11.7 Å². The van der Waals surface area contributed by atoms with E-state index in [1.807, 2.05) is 26.8 Å². The molecule has 1 fully saturated rings. The Morgan fingerprint density at radius 2 is 1.74 bits per heavy atom. The fraction of sp³-hybridized carbons (Fsp3) is 0.440. The number of nitrogens with zero attached hydrogens (tertiary/aromatic N) is 2. The number of piperidine rings is 1. The number of phenolic OH excluding ortho intramolecular Hbond substituents is 1. The Bertz CT molecular complexity index is 913. The highest BCUT2D eigenvalue weighted by molar-refractivity contribution is 5.98. The van der Waals surface area contributed by atoms with Gasteiger partial charge in [-0.15, -0.1) is 0 Å². The van der Waals surface area contributed by atoms with Gasteiger partial charge in [-0.2, -0.15) is 0 Å². The molecule has 3 rings (SSSR count). The molecule has 2 aromatic carbocycles. The fourth-order valence-electron chi connectivity index (χ4n) is 4.01. The van der Waals surface area contributed by atoms with Gasteiger partial charge in [-0.05, 0) is 88.7 Å². The molecule has 1 N–H and O–H groups in total. The van der Waals surface area contributed by atoms with Crippen LogP contribution in [0.3, 0.4) is 0 Å². The average Bonchev–Trinajstić information content (AvgIpc) is 2.72. The van der Waals surface area contributed by atoms with Gasteiger partial charge in [0.15, 0.2) is 5.78 Å². The van der Waals surface area contributed by atoms with E-state index >= 15 is 0 Å². The van der Waals surface area contributed by atoms with Gasteiger partial charge in [-0.1, -0.05) is 12.1 Å². The number of halogens is 1. The summed E-state index contributed by atoms with van der Waals surface area (Å²) in [5.41, 5.74) is 0.985. The van der Waals surface area contributed by atoms with E-state index in [4.69, 9.17) is 0 Å². The maximum Gasteiger partial charge on any atom is 0.237 e. The molecule has 1 heterocycles. The first-order chi connectivity index (χ1) is 14.6. The molecule has 0 saturated carbocycles. The minimum atomic E-state index is -0.392. The molecular formula is C25H31FN2O3. The molecule has 1 aliphatic heterocycles. The third-order valence-corrected chi connectivity index (χ3v) is 5.81. The summed E-state index contributed by atoms with van der Waals surface area (Å²) < 4.78 is 13.6. The Morgan fingerprint density at radius 1 is 1.10 bits per heavy atom. The highest BCUT2D eigenvalue weighted by Gasteiger charge is 2.31. The molecule has 0 aliphatic carbocycles. The molecule has 0 aromatic heterocycles. The van der Waals surface area contributed by atoms with Crippen molar-refractivity contribution in [2.45, 2.75) is 45.7 Å². The van der Waals surface area contributed by atoms with Gasteiger partial charge >= 0.3 is 0 Å². The van der Waals surface area contributed by atoms with Crippen molar-refractivity contribution in [1.29, 1.82) is 0 Å². The smallest absolute Gasteiger partial charge is 0.237 e. The molecule has 0 bridgehead atoms. The summed E-state index contributed by atoms with van der Waals surface area (Å²) in [7, 11) is 0. The van der Waals surface area contributed by atoms with Gasteiger partial charge in [0.1, 0.15) is 11.6 Å². The van der Waals surface area contributed by atoms with E-state index in [9.17, 15) is 19.1 Å². The molecule has 1 aliphatic rings. The lowest BCUT2D eigenvalue weighted by molar-refractivity contribution is -0.138. The second-order valence-corrected chi connectivity index (χ2v) is 9.24. The molecule has 1 saturated heterocycles. The number of benzene rings is 2.